The van der Waals surface area contributed by atoms with Gasteiger partial charge in [0.05, 0.1) is 11.6 Å². The van der Waals surface area contributed by atoms with E-state index in [1.165, 1.54) is 4.90 Å². The number of hydrogen-bond acceptors (Lipinski definition) is 7. The molecule has 1 aromatic carbocycles. The summed E-state index contributed by atoms with van der Waals surface area (Å²) in [7, 11) is 1.97. The van der Waals surface area contributed by atoms with E-state index in [0.717, 1.165) is 47.8 Å². The van der Waals surface area contributed by atoms with Gasteiger partial charge in [-0.05, 0) is 102 Å². The molecule has 2 N–H and O–H groups in total. The van der Waals surface area contributed by atoms with Gasteiger partial charge >= 0.3 is 6.09 Å². The number of hydrogen-bond donors (Lipinski definition) is 2. The number of rotatable bonds is 5. The molecule has 4 heterocycles. The maximum Gasteiger partial charge on any atom is 0.410 e. The van der Waals surface area contributed by atoms with Crippen molar-refractivity contribution in [2.24, 2.45) is 0 Å². The van der Waals surface area contributed by atoms with Gasteiger partial charge in [-0.15, -0.1) is 0 Å². The zero-order chi connectivity index (χ0) is 28.4. The molecule has 2 saturated heterocycles. The fourth-order valence-electron chi connectivity index (χ4n) is 5.25. The molecule has 0 spiro atoms. The van der Waals surface area contributed by atoms with Gasteiger partial charge in [0.15, 0.2) is 0 Å². The van der Waals surface area contributed by atoms with Crippen LogP contribution in [-0.4, -0.2) is 75.5 Å². The van der Waals surface area contributed by atoms with Crippen LogP contribution in [-0.2, 0) is 14.3 Å². The number of ether oxygens (including phenoxy) is 1. The molecule has 2 fully saturated rings. The van der Waals surface area contributed by atoms with Crippen LogP contribution in [0.3, 0.4) is 0 Å². The number of pyridine rings is 2. The molecule has 2 atom stereocenters. The lowest BCUT2D eigenvalue weighted by Gasteiger charge is -2.27. The number of carbonyl (C=O) groups excluding carboxylic acids is 3. The number of fused-ring (bicyclic) bond motifs is 1. The van der Waals surface area contributed by atoms with E-state index in [1.54, 1.807) is 33.0 Å². The van der Waals surface area contributed by atoms with Crippen molar-refractivity contribution >= 4 is 40.4 Å². The van der Waals surface area contributed by atoms with Gasteiger partial charge in [-0.2, -0.15) is 0 Å². The van der Waals surface area contributed by atoms with Gasteiger partial charge in [-0.1, -0.05) is 6.07 Å². The quantitative estimate of drug-likeness (QED) is 0.480. The molecule has 40 heavy (non-hydrogen) atoms. The summed E-state index contributed by atoms with van der Waals surface area (Å²) in [6.07, 6.45) is 4.44. The number of likely N-dealkylation sites (tertiary alicyclic amines) is 2. The van der Waals surface area contributed by atoms with Gasteiger partial charge in [0.1, 0.15) is 23.3 Å². The average Bonchev–Trinajstić information content (AvgIpc) is 3.57. The Kier molecular flexibility index (Phi) is 7.71. The smallest absolute Gasteiger partial charge is 0.410 e. The van der Waals surface area contributed by atoms with Gasteiger partial charge in [0.25, 0.3) is 0 Å². The number of aromatic nitrogens is 2. The number of nitrogens with one attached hydrogen (secondary N) is 2. The maximum absolute atomic E-state index is 12.9. The highest BCUT2D eigenvalue weighted by molar-refractivity contribution is 5.97. The molecule has 0 radical (unpaired) electrons. The second-order valence-corrected chi connectivity index (χ2v) is 11.5. The molecule has 210 valence electrons. The zero-order valence-electron chi connectivity index (χ0n) is 23.4. The van der Waals surface area contributed by atoms with Crippen molar-refractivity contribution < 1.29 is 19.1 Å². The van der Waals surface area contributed by atoms with Crippen molar-refractivity contribution in [2.75, 3.05) is 30.8 Å². The van der Waals surface area contributed by atoms with E-state index in [0.29, 0.717) is 24.6 Å². The normalized spacial score (nSPS) is 19.6. The summed E-state index contributed by atoms with van der Waals surface area (Å²) < 4.78 is 5.46. The fraction of sp³-hybridized carbons (Fsp3) is 0.433. The van der Waals surface area contributed by atoms with E-state index in [1.807, 2.05) is 43.4 Å². The standard InChI is InChI=1S/C30H36N6O4/c1-30(2,3)40-29(39)36-16-6-8-24(36)28(38)33-25-13-11-21(18-31-25)19-9-12-22-20(17-19)10-14-26(32-22)34-27(37)23-7-5-15-35(23)4/h9-14,17-18,23-24H,5-8,15-16H2,1-4H3,(H,31,33,38)(H,32,34,37). The Morgan fingerprint density at radius 2 is 1.55 bits per heavy atom. The molecule has 2 unspecified atom stereocenters. The first-order valence-corrected chi connectivity index (χ1v) is 13.8. The third kappa shape index (κ3) is 6.22. The molecule has 2 aliphatic heterocycles. The molecule has 10 nitrogen and oxygen atoms in total. The molecule has 2 aromatic heterocycles. The van der Waals surface area contributed by atoms with Crippen LogP contribution >= 0.6 is 0 Å². The predicted molar refractivity (Wildman–Crippen MR) is 154 cm³/mol. The molecular formula is C30H36N6O4. The van der Waals surface area contributed by atoms with Crippen molar-refractivity contribution in [1.82, 2.24) is 19.8 Å². The molecule has 0 bridgehead atoms. The topological polar surface area (TPSA) is 117 Å². The lowest BCUT2D eigenvalue weighted by Crippen LogP contribution is -2.45. The molecule has 5 rings (SSSR count). The minimum absolute atomic E-state index is 0.0211. The van der Waals surface area contributed by atoms with Crippen molar-refractivity contribution in [3.8, 4) is 11.1 Å². The summed E-state index contributed by atoms with van der Waals surface area (Å²) in [6.45, 7) is 6.84. The molecule has 10 heteroatoms. The minimum Gasteiger partial charge on any atom is -0.444 e. The molecule has 3 amide bonds. The van der Waals surface area contributed by atoms with E-state index < -0.39 is 17.7 Å². The van der Waals surface area contributed by atoms with Gasteiger partial charge in [0.2, 0.25) is 11.8 Å². The summed E-state index contributed by atoms with van der Waals surface area (Å²) in [6, 6.07) is 12.6. The van der Waals surface area contributed by atoms with Gasteiger partial charge in [-0.25, -0.2) is 14.8 Å². The van der Waals surface area contributed by atoms with Gasteiger partial charge in [-0.3, -0.25) is 19.4 Å². The number of nitrogens with zero attached hydrogens (tertiary/aromatic N) is 4. The van der Waals surface area contributed by atoms with Crippen LogP contribution in [0.25, 0.3) is 22.0 Å². The van der Waals surface area contributed by atoms with Gasteiger partial charge < -0.3 is 15.4 Å². The first-order valence-electron chi connectivity index (χ1n) is 13.8. The zero-order valence-corrected chi connectivity index (χ0v) is 23.4. The maximum atomic E-state index is 12.9. The third-order valence-corrected chi connectivity index (χ3v) is 7.30. The minimum atomic E-state index is -0.624. The third-order valence-electron chi connectivity index (χ3n) is 7.30. The fourth-order valence-corrected chi connectivity index (χ4v) is 5.25. The Bertz CT molecular complexity index is 1420. The molecule has 2 aliphatic rings. The highest BCUT2D eigenvalue weighted by atomic mass is 16.6. The van der Waals surface area contributed by atoms with Crippen LogP contribution in [0.4, 0.5) is 16.4 Å². The number of likely N-dealkylation sites (N-methyl/N-ethyl adjacent to an activating group) is 1. The lowest BCUT2D eigenvalue weighted by molar-refractivity contribution is -0.120. The molecule has 0 saturated carbocycles. The van der Waals surface area contributed by atoms with Crippen LogP contribution in [0.2, 0.25) is 0 Å². The largest absolute Gasteiger partial charge is 0.444 e. The second kappa shape index (κ2) is 11.2. The average molecular weight is 545 g/mol. The summed E-state index contributed by atoms with van der Waals surface area (Å²) in [5.41, 5.74) is 2.00. The monoisotopic (exact) mass is 544 g/mol. The summed E-state index contributed by atoms with van der Waals surface area (Å²) in [5.74, 6) is 0.662. The van der Waals surface area contributed by atoms with Crippen molar-refractivity contribution in [2.45, 2.75) is 64.1 Å². The lowest BCUT2D eigenvalue weighted by atomic mass is 10.0. The Morgan fingerprint density at radius 1 is 0.875 bits per heavy atom. The number of benzene rings is 1. The highest BCUT2D eigenvalue weighted by Crippen LogP contribution is 2.26. The van der Waals surface area contributed by atoms with Crippen LogP contribution in [0.15, 0.2) is 48.7 Å². The van der Waals surface area contributed by atoms with Crippen LogP contribution in [0.1, 0.15) is 46.5 Å². The predicted octanol–water partition coefficient (Wildman–Crippen LogP) is 4.67. The highest BCUT2D eigenvalue weighted by Gasteiger charge is 2.36. The van der Waals surface area contributed by atoms with Crippen molar-refractivity contribution in [3.63, 3.8) is 0 Å². The molecule has 3 aromatic rings. The van der Waals surface area contributed by atoms with Crippen molar-refractivity contribution in [1.29, 1.82) is 0 Å². The van der Waals surface area contributed by atoms with E-state index in [4.69, 9.17) is 4.74 Å². The SMILES string of the molecule is CN1CCCC1C(=O)Nc1ccc2cc(-c3ccc(NC(=O)C4CCCN4C(=O)OC(C)(C)C)nc3)ccc2n1. The summed E-state index contributed by atoms with van der Waals surface area (Å²) >= 11 is 0. The van der Waals surface area contributed by atoms with E-state index in [2.05, 4.69) is 25.5 Å². The van der Waals surface area contributed by atoms with Gasteiger partial charge in [0, 0.05) is 23.7 Å². The van der Waals surface area contributed by atoms with E-state index in [9.17, 15) is 14.4 Å². The first-order chi connectivity index (χ1) is 19.1. The summed E-state index contributed by atoms with van der Waals surface area (Å²) in [4.78, 5) is 50.7. The van der Waals surface area contributed by atoms with Crippen molar-refractivity contribution in [3.05, 3.63) is 48.7 Å². The van der Waals surface area contributed by atoms with E-state index >= 15 is 0 Å². The summed E-state index contributed by atoms with van der Waals surface area (Å²) in [5, 5.41) is 6.73. The Morgan fingerprint density at radius 3 is 2.25 bits per heavy atom. The molecule has 0 aliphatic carbocycles. The van der Waals surface area contributed by atoms with Crippen LogP contribution < -0.4 is 10.6 Å². The second-order valence-electron chi connectivity index (χ2n) is 11.5. The van der Waals surface area contributed by atoms with Crippen LogP contribution in [0.5, 0.6) is 0 Å². The number of anilines is 2. The van der Waals surface area contributed by atoms with Crippen LogP contribution in [0, 0.1) is 0 Å². The Labute approximate surface area is 234 Å². The Balaban J connectivity index is 1.23. The molecular weight excluding hydrogens is 508 g/mol. The number of carbonyl (C=O) groups is 3. The first kappa shape index (κ1) is 27.5. The Hall–Kier alpha value is -4.05. The van der Waals surface area contributed by atoms with E-state index in [-0.39, 0.29) is 17.9 Å². The number of amides is 3.